The van der Waals surface area contributed by atoms with Crippen molar-refractivity contribution in [3.63, 3.8) is 0 Å². The van der Waals surface area contributed by atoms with Crippen molar-refractivity contribution in [2.75, 3.05) is 0 Å². The molecule has 0 aliphatic heterocycles. The van der Waals surface area contributed by atoms with Crippen LogP contribution in [0.5, 0.6) is 0 Å². The van der Waals surface area contributed by atoms with Crippen molar-refractivity contribution < 1.29 is 0 Å². The largest absolute Gasteiger partial charge is 0.256 e. The van der Waals surface area contributed by atoms with Gasteiger partial charge < -0.3 is 0 Å². The van der Waals surface area contributed by atoms with E-state index in [-0.39, 0.29) is 0 Å². The normalized spacial score (nSPS) is 13.3. The summed E-state index contributed by atoms with van der Waals surface area (Å²) in [4.78, 5) is 9.40. The molecule has 2 heterocycles. The van der Waals surface area contributed by atoms with Crippen LogP contribution in [0.4, 0.5) is 0 Å². The highest BCUT2D eigenvalue weighted by Crippen LogP contribution is 2.23. The van der Waals surface area contributed by atoms with Gasteiger partial charge in [-0.25, -0.2) is 0 Å². The Morgan fingerprint density at radius 3 is 2.57 bits per heavy atom. The van der Waals surface area contributed by atoms with Gasteiger partial charge in [0.2, 0.25) is 0 Å². The van der Waals surface area contributed by atoms with Crippen LogP contribution in [0.25, 0.3) is 23.1 Å². The molecule has 2 heteroatoms. The molecule has 0 fully saturated rings. The minimum Gasteiger partial charge on any atom is -0.256 e. The Kier molecular flexibility index (Phi) is 6.14. The number of fused-ring (bicyclic) bond motifs is 2. The summed E-state index contributed by atoms with van der Waals surface area (Å²) in [7, 11) is 0. The smallest absolute Gasteiger partial charge is 0.0705 e. The Hall–Kier alpha value is -3.52. The summed E-state index contributed by atoms with van der Waals surface area (Å²) in [5.74, 6) is 0.355. The van der Waals surface area contributed by atoms with E-state index < -0.39 is 0 Å². The van der Waals surface area contributed by atoms with Crippen LogP contribution in [-0.2, 0) is 6.42 Å². The minimum atomic E-state index is 0.355. The average Bonchev–Trinajstić information content (AvgIpc) is 2.73. The number of rotatable bonds is 3. The molecule has 0 amide bonds. The average molecular weight is 391 g/mol. The lowest BCUT2D eigenvalue weighted by molar-refractivity contribution is 0.754. The fourth-order valence-electron chi connectivity index (χ4n) is 3.60. The molecular formula is C28H26N2. The van der Waals surface area contributed by atoms with Crippen molar-refractivity contribution in [3.05, 3.63) is 119 Å². The second-order valence-corrected chi connectivity index (χ2v) is 7.70. The van der Waals surface area contributed by atoms with Gasteiger partial charge in [0.05, 0.1) is 11.2 Å². The van der Waals surface area contributed by atoms with Gasteiger partial charge in [0.15, 0.2) is 0 Å². The monoisotopic (exact) mass is 390 g/mol. The van der Waals surface area contributed by atoms with Gasteiger partial charge >= 0.3 is 0 Å². The molecule has 1 unspecified atom stereocenters. The van der Waals surface area contributed by atoms with E-state index in [1.165, 1.54) is 11.1 Å². The molecule has 1 aliphatic carbocycles. The number of pyridine rings is 2. The van der Waals surface area contributed by atoms with Gasteiger partial charge in [-0.15, -0.1) is 0 Å². The first kappa shape index (κ1) is 19.8. The second kappa shape index (κ2) is 9.32. The number of hydrogen-bond acceptors (Lipinski definition) is 2. The molecule has 1 aromatic carbocycles. The highest BCUT2D eigenvalue weighted by atomic mass is 14.7. The number of hydrogen-bond donors (Lipinski definition) is 0. The van der Waals surface area contributed by atoms with Crippen LogP contribution in [0.15, 0.2) is 91.2 Å². The first-order valence-corrected chi connectivity index (χ1v) is 10.4. The lowest BCUT2D eigenvalue weighted by atomic mass is 9.93. The molecule has 148 valence electrons. The van der Waals surface area contributed by atoms with Crippen molar-refractivity contribution in [1.82, 2.24) is 9.97 Å². The summed E-state index contributed by atoms with van der Waals surface area (Å²) in [5, 5.41) is 1.13. The quantitative estimate of drug-likeness (QED) is 0.481. The molecule has 0 bridgehead atoms. The van der Waals surface area contributed by atoms with Crippen molar-refractivity contribution in [2.45, 2.75) is 26.2 Å². The van der Waals surface area contributed by atoms with E-state index in [1.807, 2.05) is 31.3 Å². The maximum atomic E-state index is 4.71. The molecule has 1 aliphatic rings. The van der Waals surface area contributed by atoms with E-state index in [1.54, 1.807) is 0 Å². The Labute approximate surface area is 178 Å². The lowest BCUT2D eigenvalue weighted by Crippen LogP contribution is -2.01. The Balaban J connectivity index is 1.66. The number of allylic oxidation sites excluding steroid dienone is 4. The standard InChI is InChI=1S/C28H26N2/c1-21(26-19-25-12-7-3-4-9-13-27(25)29-20-26)18-23-10-6-5-8-11-24-16-14-22(2)30-28(24)17-15-23/h3-17,19-21H,18H2,1-2H3. The lowest BCUT2D eigenvalue weighted by Gasteiger charge is -2.13. The Bertz CT molecular complexity index is 1200. The van der Waals surface area contributed by atoms with E-state index in [4.69, 9.17) is 9.97 Å². The third kappa shape index (κ3) is 4.90. The van der Waals surface area contributed by atoms with Crippen LogP contribution in [-0.4, -0.2) is 9.97 Å². The van der Waals surface area contributed by atoms with E-state index in [2.05, 4.69) is 85.8 Å². The van der Waals surface area contributed by atoms with Crippen LogP contribution < -0.4 is 0 Å². The van der Waals surface area contributed by atoms with Crippen molar-refractivity contribution in [3.8, 4) is 0 Å². The summed E-state index contributed by atoms with van der Waals surface area (Å²) >= 11 is 0. The molecule has 2 nitrogen and oxygen atoms in total. The summed E-state index contributed by atoms with van der Waals surface area (Å²) in [6.07, 6.45) is 15.3. The predicted octanol–water partition coefficient (Wildman–Crippen LogP) is 7.01. The molecule has 4 rings (SSSR count). The zero-order valence-electron chi connectivity index (χ0n) is 17.5. The van der Waals surface area contributed by atoms with Crippen molar-refractivity contribution >= 4 is 23.1 Å². The van der Waals surface area contributed by atoms with Crippen molar-refractivity contribution in [1.29, 1.82) is 0 Å². The zero-order chi connectivity index (χ0) is 20.8. The third-order valence-electron chi connectivity index (χ3n) is 5.31. The van der Waals surface area contributed by atoms with Gasteiger partial charge in [0, 0.05) is 22.8 Å². The third-order valence-corrected chi connectivity index (χ3v) is 5.31. The van der Waals surface area contributed by atoms with Crippen LogP contribution in [0.3, 0.4) is 0 Å². The van der Waals surface area contributed by atoms with E-state index in [0.29, 0.717) is 5.92 Å². The summed E-state index contributed by atoms with van der Waals surface area (Å²) in [6, 6.07) is 21.3. The first-order chi connectivity index (χ1) is 14.7. The molecule has 2 aromatic heterocycles. The highest BCUT2D eigenvalue weighted by Gasteiger charge is 2.09. The highest BCUT2D eigenvalue weighted by molar-refractivity contribution is 5.77. The van der Waals surface area contributed by atoms with Gasteiger partial charge in [-0.2, -0.15) is 0 Å². The predicted molar refractivity (Wildman–Crippen MR) is 128 cm³/mol. The van der Waals surface area contributed by atoms with Crippen LogP contribution in [0.1, 0.15) is 40.9 Å². The number of nitrogens with zero attached hydrogens (tertiary/aromatic N) is 2. The molecule has 0 N–H and O–H groups in total. The Morgan fingerprint density at radius 2 is 1.67 bits per heavy atom. The minimum absolute atomic E-state index is 0.355. The van der Waals surface area contributed by atoms with E-state index in [9.17, 15) is 0 Å². The molecular weight excluding hydrogens is 364 g/mol. The molecule has 0 radical (unpaired) electrons. The van der Waals surface area contributed by atoms with Gasteiger partial charge in [0.25, 0.3) is 0 Å². The first-order valence-electron chi connectivity index (χ1n) is 10.4. The van der Waals surface area contributed by atoms with E-state index >= 15 is 0 Å². The maximum Gasteiger partial charge on any atom is 0.0705 e. The molecule has 30 heavy (non-hydrogen) atoms. The molecule has 1 atom stereocenters. The van der Waals surface area contributed by atoms with Gasteiger partial charge in [-0.05, 0) is 54.7 Å². The van der Waals surface area contributed by atoms with E-state index in [0.717, 1.165) is 34.3 Å². The fourth-order valence-corrected chi connectivity index (χ4v) is 3.60. The second-order valence-electron chi connectivity index (χ2n) is 7.70. The maximum absolute atomic E-state index is 4.71. The fraction of sp³-hybridized carbons (Fsp3) is 0.143. The zero-order valence-corrected chi connectivity index (χ0v) is 17.5. The van der Waals surface area contributed by atoms with Crippen LogP contribution in [0.2, 0.25) is 0 Å². The van der Waals surface area contributed by atoms with Gasteiger partial charge in [0.1, 0.15) is 0 Å². The SMILES string of the molecule is Cc1ccc2cccccc(CC(C)c3cnc4c(c3)C=CC=CC=C4)ccc2n1. The molecule has 3 aromatic rings. The summed E-state index contributed by atoms with van der Waals surface area (Å²) in [6.45, 7) is 4.29. The topological polar surface area (TPSA) is 25.8 Å². The van der Waals surface area contributed by atoms with Crippen molar-refractivity contribution in [2.24, 2.45) is 0 Å². The number of aryl methyl sites for hydroxylation is 1. The van der Waals surface area contributed by atoms with Gasteiger partial charge in [-0.1, -0.05) is 79.8 Å². The van der Waals surface area contributed by atoms with Crippen LogP contribution >= 0.6 is 0 Å². The molecule has 0 saturated heterocycles. The Morgan fingerprint density at radius 1 is 0.833 bits per heavy atom. The number of aromatic nitrogens is 2. The molecule has 0 spiro atoms. The molecule has 0 saturated carbocycles. The van der Waals surface area contributed by atoms with Gasteiger partial charge in [-0.3, -0.25) is 9.97 Å². The van der Waals surface area contributed by atoms with Crippen LogP contribution in [0, 0.1) is 6.92 Å². The summed E-state index contributed by atoms with van der Waals surface area (Å²) < 4.78 is 0. The summed E-state index contributed by atoms with van der Waals surface area (Å²) in [5.41, 5.74) is 6.73.